The van der Waals surface area contributed by atoms with E-state index in [1.54, 1.807) is 0 Å². The number of terminal acetylenes is 1. The zero-order valence-corrected chi connectivity index (χ0v) is 9.03. The Bertz CT molecular complexity index is 305. The van der Waals surface area contributed by atoms with Crippen molar-refractivity contribution < 1.29 is 14.7 Å². The van der Waals surface area contributed by atoms with Crippen molar-refractivity contribution in [3.63, 3.8) is 0 Å². The summed E-state index contributed by atoms with van der Waals surface area (Å²) in [5.74, 6) is 0.850. The summed E-state index contributed by atoms with van der Waals surface area (Å²) in [6, 6.07) is -0.424. The van der Waals surface area contributed by atoms with Crippen molar-refractivity contribution in [2.45, 2.75) is 37.8 Å². The molecule has 1 saturated carbocycles. The molecule has 0 heterocycles. The highest BCUT2D eigenvalue weighted by Crippen LogP contribution is 2.18. The van der Waals surface area contributed by atoms with Crippen molar-refractivity contribution in [3.05, 3.63) is 0 Å². The van der Waals surface area contributed by atoms with Gasteiger partial charge < -0.3 is 15.7 Å². The van der Waals surface area contributed by atoms with Crippen LogP contribution in [0.15, 0.2) is 0 Å². The van der Waals surface area contributed by atoms with Crippen LogP contribution in [0.2, 0.25) is 0 Å². The smallest absolute Gasteiger partial charge is 0.327 e. The molecule has 0 saturated heterocycles. The molecule has 1 amide bonds. The van der Waals surface area contributed by atoms with E-state index in [-0.39, 0.29) is 18.7 Å². The average molecular weight is 224 g/mol. The van der Waals surface area contributed by atoms with E-state index in [1.807, 2.05) is 0 Å². The van der Waals surface area contributed by atoms with E-state index in [0.717, 1.165) is 12.8 Å². The summed E-state index contributed by atoms with van der Waals surface area (Å²) < 4.78 is 0. The number of carboxylic acid groups (broad SMARTS) is 1. The summed E-state index contributed by atoms with van der Waals surface area (Å²) in [4.78, 5) is 22.0. The molecule has 0 aromatic rings. The molecule has 0 radical (unpaired) electrons. The Balaban J connectivity index is 2.18. The summed E-state index contributed by atoms with van der Waals surface area (Å²) in [6.07, 6.45) is 7.63. The van der Waals surface area contributed by atoms with Crippen LogP contribution in [0, 0.1) is 12.3 Å². The monoisotopic (exact) mass is 224 g/mol. The minimum Gasteiger partial charge on any atom is -0.480 e. The minimum atomic E-state index is -1.10. The Morgan fingerprint density at radius 2 is 2.19 bits per heavy atom. The number of hydrogen-bond acceptors (Lipinski definition) is 3. The van der Waals surface area contributed by atoms with E-state index in [1.165, 1.54) is 0 Å². The van der Waals surface area contributed by atoms with Crippen LogP contribution in [0.25, 0.3) is 0 Å². The van der Waals surface area contributed by atoms with Gasteiger partial charge in [0.25, 0.3) is 0 Å². The molecule has 1 aliphatic carbocycles. The summed E-state index contributed by atoms with van der Waals surface area (Å²) in [5.41, 5.74) is 0. The van der Waals surface area contributed by atoms with Gasteiger partial charge in [0.1, 0.15) is 6.04 Å². The second kappa shape index (κ2) is 6.13. The molecule has 0 bridgehead atoms. The van der Waals surface area contributed by atoms with Crippen molar-refractivity contribution in [2.24, 2.45) is 0 Å². The summed E-state index contributed by atoms with van der Waals surface area (Å²) in [6.45, 7) is 0.582. The highest BCUT2D eigenvalue weighted by molar-refractivity contribution is 5.83. The molecule has 1 unspecified atom stereocenters. The Hall–Kier alpha value is -1.54. The van der Waals surface area contributed by atoms with Gasteiger partial charge in [0.05, 0.1) is 0 Å². The van der Waals surface area contributed by atoms with Gasteiger partial charge in [-0.25, -0.2) is 4.79 Å². The SMILES string of the molecule is C#CCC(NC(=O)CCNC1CC1)C(=O)O. The third-order valence-corrected chi connectivity index (χ3v) is 2.32. The van der Waals surface area contributed by atoms with Crippen LogP contribution in [0.3, 0.4) is 0 Å². The van der Waals surface area contributed by atoms with Crippen LogP contribution in [0.5, 0.6) is 0 Å². The minimum absolute atomic E-state index is 0.0110. The molecule has 88 valence electrons. The van der Waals surface area contributed by atoms with Gasteiger partial charge >= 0.3 is 5.97 Å². The molecule has 3 N–H and O–H groups in total. The molecule has 0 aliphatic heterocycles. The Morgan fingerprint density at radius 3 is 2.69 bits per heavy atom. The highest BCUT2D eigenvalue weighted by Gasteiger charge is 2.21. The predicted molar refractivity (Wildman–Crippen MR) is 58.7 cm³/mol. The maximum absolute atomic E-state index is 11.4. The molecule has 16 heavy (non-hydrogen) atoms. The van der Waals surface area contributed by atoms with E-state index < -0.39 is 12.0 Å². The molecular formula is C11H16N2O3. The van der Waals surface area contributed by atoms with Gasteiger partial charge in [-0.1, -0.05) is 0 Å². The van der Waals surface area contributed by atoms with Crippen LogP contribution in [-0.4, -0.2) is 35.6 Å². The lowest BCUT2D eigenvalue weighted by Gasteiger charge is -2.11. The fraction of sp³-hybridized carbons (Fsp3) is 0.636. The third-order valence-electron chi connectivity index (χ3n) is 2.32. The lowest BCUT2D eigenvalue weighted by molar-refractivity contribution is -0.141. The molecule has 0 aromatic carbocycles. The van der Waals surface area contributed by atoms with Crippen LogP contribution >= 0.6 is 0 Å². The summed E-state index contributed by atoms with van der Waals surface area (Å²) >= 11 is 0. The first-order valence-electron chi connectivity index (χ1n) is 5.32. The van der Waals surface area contributed by atoms with Crippen molar-refractivity contribution in [2.75, 3.05) is 6.54 Å². The van der Waals surface area contributed by atoms with E-state index in [4.69, 9.17) is 11.5 Å². The normalized spacial score (nSPS) is 16.2. The van der Waals surface area contributed by atoms with Crippen LogP contribution < -0.4 is 10.6 Å². The lowest BCUT2D eigenvalue weighted by atomic mass is 10.2. The number of carbonyl (C=O) groups is 2. The second-order valence-corrected chi connectivity index (χ2v) is 3.84. The standard InChI is InChI=1S/C11H16N2O3/c1-2-3-9(11(15)16)13-10(14)6-7-12-8-4-5-8/h1,8-9,12H,3-7H2,(H,13,14)(H,15,16). The van der Waals surface area contributed by atoms with Crippen LogP contribution in [0.4, 0.5) is 0 Å². The highest BCUT2D eigenvalue weighted by atomic mass is 16.4. The first kappa shape index (κ1) is 12.5. The fourth-order valence-corrected chi connectivity index (χ4v) is 1.26. The molecule has 1 rings (SSSR count). The predicted octanol–water partition coefficient (Wildman–Crippen LogP) is -0.279. The van der Waals surface area contributed by atoms with Gasteiger partial charge in [0.15, 0.2) is 0 Å². The van der Waals surface area contributed by atoms with Crippen LogP contribution in [0.1, 0.15) is 25.7 Å². The number of nitrogens with one attached hydrogen (secondary N) is 2. The number of rotatable bonds is 7. The molecule has 5 nitrogen and oxygen atoms in total. The van der Waals surface area contributed by atoms with Gasteiger partial charge in [-0.15, -0.1) is 12.3 Å². The molecule has 1 aliphatic rings. The van der Waals surface area contributed by atoms with Crippen molar-refractivity contribution in [3.8, 4) is 12.3 Å². The molecule has 1 fully saturated rings. The largest absolute Gasteiger partial charge is 0.480 e. The molecule has 0 aromatic heterocycles. The molecule has 1 atom stereocenters. The van der Waals surface area contributed by atoms with Crippen LogP contribution in [-0.2, 0) is 9.59 Å². The molecule has 5 heteroatoms. The summed E-state index contributed by atoms with van der Waals surface area (Å²) in [5, 5.41) is 14.3. The number of aliphatic carboxylic acids is 1. The van der Waals surface area contributed by atoms with Gasteiger partial charge in [-0.2, -0.15) is 0 Å². The van der Waals surface area contributed by atoms with E-state index >= 15 is 0 Å². The molecule has 0 spiro atoms. The Morgan fingerprint density at radius 1 is 1.50 bits per heavy atom. The topological polar surface area (TPSA) is 78.4 Å². The Labute approximate surface area is 94.6 Å². The third kappa shape index (κ3) is 4.80. The van der Waals surface area contributed by atoms with Gasteiger partial charge in [-0.05, 0) is 12.8 Å². The number of carbonyl (C=O) groups excluding carboxylic acids is 1. The van der Waals surface area contributed by atoms with E-state index in [2.05, 4.69) is 16.6 Å². The van der Waals surface area contributed by atoms with E-state index in [9.17, 15) is 9.59 Å². The van der Waals surface area contributed by atoms with Gasteiger partial charge in [0.2, 0.25) is 5.91 Å². The molecular weight excluding hydrogens is 208 g/mol. The number of carboxylic acids is 1. The fourth-order valence-electron chi connectivity index (χ4n) is 1.26. The first-order valence-corrected chi connectivity index (χ1v) is 5.32. The maximum atomic E-state index is 11.4. The summed E-state index contributed by atoms with van der Waals surface area (Å²) in [7, 11) is 0. The van der Waals surface area contributed by atoms with Crippen molar-refractivity contribution in [1.82, 2.24) is 10.6 Å². The van der Waals surface area contributed by atoms with Crippen molar-refractivity contribution in [1.29, 1.82) is 0 Å². The van der Waals surface area contributed by atoms with Gasteiger partial charge in [0, 0.05) is 25.4 Å². The zero-order chi connectivity index (χ0) is 12.0. The first-order chi connectivity index (χ1) is 7.63. The van der Waals surface area contributed by atoms with E-state index in [0.29, 0.717) is 12.6 Å². The van der Waals surface area contributed by atoms with Gasteiger partial charge in [-0.3, -0.25) is 4.79 Å². The number of amides is 1. The van der Waals surface area contributed by atoms with Crippen molar-refractivity contribution >= 4 is 11.9 Å². The zero-order valence-electron chi connectivity index (χ0n) is 9.03. The second-order valence-electron chi connectivity index (χ2n) is 3.84. The quantitative estimate of drug-likeness (QED) is 0.520. The Kier molecular flexibility index (Phi) is 4.80. The lowest BCUT2D eigenvalue weighted by Crippen LogP contribution is -2.41. The number of hydrogen-bond donors (Lipinski definition) is 3. The maximum Gasteiger partial charge on any atom is 0.327 e. The average Bonchev–Trinajstić information content (AvgIpc) is 3.01.